The molecule has 0 bridgehead atoms. The van der Waals surface area contributed by atoms with Gasteiger partial charge in [-0.25, -0.2) is 0 Å². The summed E-state index contributed by atoms with van der Waals surface area (Å²) in [6.45, 7) is 7.92. The van der Waals surface area contributed by atoms with E-state index in [4.69, 9.17) is 4.74 Å². The van der Waals surface area contributed by atoms with Gasteiger partial charge in [0.15, 0.2) is 0 Å². The third-order valence-electron chi connectivity index (χ3n) is 4.48. The van der Waals surface area contributed by atoms with Crippen LogP contribution < -0.4 is 5.32 Å². The molecule has 1 saturated heterocycles. The number of likely N-dealkylation sites (tertiary alicyclic amines) is 1. The molecular weight excluding hydrogens is 224 g/mol. The van der Waals surface area contributed by atoms with Gasteiger partial charge in [-0.05, 0) is 45.3 Å². The Labute approximate surface area is 112 Å². The van der Waals surface area contributed by atoms with Gasteiger partial charge in [-0.15, -0.1) is 0 Å². The fourth-order valence-electron chi connectivity index (χ4n) is 3.17. The Balaban J connectivity index is 1.48. The Bertz CT molecular complexity index is 209. The van der Waals surface area contributed by atoms with Crippen molar-refractivity contribution in [3.05, 3.63) is 0 Å². The standard InChI is InChI=1S/C15H30N2O/c1-2-17-11-8-14(9-12-17)16-10-13-18-15-6-4-3-5-7-15/h14-16H,2-13H2,1H3. The molecule has 2 rings (SSSR count). The van der Waals surface area contributed by atoms with Gasteiger partial charge in [0.05, 0.1) is 12.7 Å². The van der Waals surface area contributed by atoms with Crippen molar-refractivity contribution in [2.45, 2.75) is 64.0 Å². The first-order chi connectivity index (χ1) is 8.88. The maximum absolute atomic E-state index is 5.94. The molecule has 18 heavy (non-hydrogen) atoms. The smallest absolute Gasteiger partial charge is 0.0594 e. The maximum Gasteiger partial charge on any atom is 0.0594 e. The average Bonchev–Trinajstić information content (AvgIpc) is 2.45. The molecule has 0 aromatic heterocycles. The van der Waals surface area contributed by atoms with E-state index in [0.29, 0.717) is 6.10 Å². The highest BCUT2D eigenvalue weighted by molar-refractivity contribution is 4.76. The first kappa shape index (κ1) is 14.3. The Kier molecular flexibility index (Phi) is 6.46. The Hall–Kier alpha value is -0.120. The van der Waals surface area contributed by atoms with Gasteiger partial charge in [0.1, 0.15) is 0 Å². The zero-order valence-electron chi connectivity index (χ0n) is 12.0. The normalized spacial score (nSPS) is 24.5. The maximum atomic E-state index is 5.94. The molecule has 0 aromatic carbocycles. The fraction of sp³-hybridized carbons (Fsp3) is 1.00. The quantitative estimate of drug-likeness (QED) is 0.737. The molecular formula is C15H30N2O. The SMILES string of the molecule is CCN1CCC(NCCOC2CCCCC2)CC1. The fourth-order valence-corrected chi connectivity index (χ4v) is 3.17. The Morgan fingerprint density at radius 3 is 2.44 bits per heavy atom. The second kappa shape index (κ2) is 8.13. The minimum atomic E-state index is 0.558. The van der Waals surface area contributed by atoms with Gasteiger partial charge in [0.25, 0.3) is 0 Å². The van der Waals surface area contributed by atoms with Crippen molar-refractivity contribution >= 4 is 0 Å². The van der Waals surface area contributed by atoms with E-state index in [2.05, 4.69) is 17.1 Å². The summed E-state index contributed by atoms with van der Waals surface area (Å²) in [7, 11) is 0. The lowest BCUT2D eigenvalue weighted by Crippen LogP contribution is -2.43. The van der Waals surface area contributed by atoms with Crippen molar-refractivity contribution < 1.29 is 4.74 Å². The zero-order chi connectivity index (χ0) is 12.6. The van der Waals surface area contributed by atoms with E-state index in [-0.39, 0.29) is 0 Å². The van der Waals surface area contributed by atoms with Gasteiger partial charge >= 0.3 is 0 Å². The summed E-state index contributed by atoms with van der Waals surface area (Å²) < 4.78 is 5.94. The molecule has 1 aliphatic carbocycles. The van der Waals surface area contributed by atoms with Crippen LogP contribution in [0.1, 0.15) is 51.9 Å². The molecule has 0 aromatic rings. The van der Waals surface area contributed by atoms with Crippen LogP contribution in [0.25, 0.3) is 0 Å². The molecule has 106 valence electrons. The lowest BCUT2D eigenvalue weighted by Gasteiger charge is -2.31. The minimum Gasteiger partial charge on any atom is -0.377 e. The molecule has 0 amide bonds. The first-order valence-corrected chi connectivity index (χ1v) is 7.96. The van der Waals surface area contributed by atoms with Crippen molar-refractivity contribution in [1.29, 1.82) is 0 Å². The molecule has 3 nitrogen and oxygen atoms in total. The van der Waals surface area contributed by atoms with Gasteiger partial charge in [-0.1, -0.05) is 26.2 Å². The lowest BCUT2D eigenvalue weighted by molar-refractivity contribution is 0.0284. The summed E-state index contributed by atoms with van der Waals surface area (Å²) in [6.07, 6.45) is 9.88. The molecule has 0 spiro atoms. The van der Waals surface area contributed by atoms with Gasteiger partial charge in [-0.2, -0.15) is 0 Å². The Morgan fingerprint density at radius 2 is 1.78 bits per heavy atom. The molecule has 0 atom stereocenters. The molecule has 0 radical (unpaired) electrons. The second-order valence-corrected chi connectivity index (χ2v) is 5.79. The number of ether oxygens (including phenoxy) is 1. The van der Waals surface area contributed by atoms with Crippen LogP contribution in [-0.4, -0.2) is 49.8 Å². The van der Waals surface area contributed by atoms with Crippen LogP contribution in [0.2, 0.25) is 0 Å². The monoisotopic (exact) mass is 254 g/mol. The van der Waals surface area contributed by atoms with E-state index in [1.54, 1.807) is 0 Å². The number of rotatable bonds is 6. The van der Waals surface area contributed by atoms with Crippen LogP contribution in [-0.2, 0) is 4.74 Å². The van der Waals surface area contributed by atoms with E-state index >= 15 is 0 Å². The van der Waals surface area contributed by atoms with Crippen LogP contribution in [0.5, 0.6) is 0 Å². The highest BCUT2D eigenvalue weighted by Crippen LogP contribution is 2.19. The summed E-state index contributed by atoms with van der Waals surface area (Å²) >= 11 is 0. The number of hydrogen-bond acceptors (Lipinski definition) is 3. The van der Waals surface area contributed by atoms with E-state index in [9.17, 15) is 0 Å². The largest absolute Gasteiger partial charge is 0.377 e. The average molecular weight is 254 g/mol. The number of nitrogens with zero attached hydrogens (tertiary/aromatic N) is 1. The number of hydrogen-bond donors (Lipinski definition) is 1. The summed E-state index contributed by atoms with van der Waals surface area (Å²) in [4.78, 5) is 2.54. The van der Waals surface area contributed by atoms with Crippen molar-refractivity contribution in [2.75, 3.05) is 32.8 Å². The third-order valence-corrected chi connectivity index (χ3v) is 4.48. The van der Waals surface area contributed by atoms with Crippen molar-refractivity contribution in [3.63, 3.8) is 0 Å². The summed E-state index contributed by atoms with van der Waals surface area (Å²) in [5, 5.41) is 3.65. The van der Waals surface area contributed by atoms with Crippen LogP contribution in [0.3, 0.4) is 0 Å². The highest BCUT2D eigenvalue weighted by atomic mass is 16.5. The van der Waals surface area contributed by atoms with Gasteiger partial charge in [0.2, 0.25) is 0 Å². The predicted molar refractivity (Wildman–Crippen MR) is 76.0 cm³/mol. The van der Waals surface area contributed by atoms with E-state index in [0.717, 1.165) is 19.2 Å². The Morgan fingerprint density at radius 1 is 1.06 bits per heavy atom. The first-order valence-electron chi connectivity index (χ1n) is 7.96. The second-order valence-electron chi connectivity index (χ2n) is 5.79. The molecule has 3 heteroatoms. The summed E-state index contributed by atoms with van der Waals surface area (Å²) in [5.74, 6) is 0. The van der Waals surface area contributed by atoms with Crippen molar-refractivity contribution in [1.82, 2.24) is 10.2 Å². The zero-order valence-corrected chi connectivity index (χ0v) is 12.0. The lowest BCUT2D eigenvalue weighted by atomic mass is 9.98. The minimum absolute atomic E-state index is 0.558. The molecule has 1 saturated carbocycles. The van der Waals surface area contributed by atoms with Gasteiger partial charge < -0.3 is 15.0 Å². The van der Waals surface area contributed by atoms with Crippen molar-refractivity contribution in [3.8, 4) is 0 Å². The molecule has 1 heterocycles. The summed E-state index contributed by atoms with van der Waals surface area (Å²) in [5.41, 5.74) is 0. The number of nitrogens with one attached hydrogen (secondary N) is 1. The molecule has 1 N–H and O–H groups in total. The van der Waals surface area contributed by atoms with Crippen LogP contribution >= 0.6 is 0 Å². The molecule has 2 aliphatic rings. The van der Waals surface area contributed by atoms with Gasteiger partial charge in [-0.3, -0.25) is 0 Å². The van der Waals surface area contributed by atoms with Gasteiger partial charge in [0, 0.05) is 12.6 Å². The van der Waals surface area contributed by atoms with Crippen molar-refractivity contribution in [2.24, 2.45) is 0 Å². The predicted octanol–water partition coefficient (Wildman–Crippen LogP) is 2.41. The van der Waals surface area contributed by atoms with E-state index < -0.39 is 0 Å². The van der Waals surface area contributed by atoms with E-state index in [1.807, 2.05) is 0 Å². The third kappa shape index (κ3) is 4.87. The van der Waals surface area contributed by atoms with Crippen LogP contribution in [0.15, 0.2) is 0 Å². The van der Waals surface area contributed by atoms with Crippen LogP contribution in [0, 0.1) is 0 Å². The molecule has 1 aliphatic heterocycles. The number of piperidine rings is 1. The van der Waals surface area contributed by atoms with E-state index in [1.165, 1.54) is 64.6 Å². The molecule has 2 fully saturated rings. The van der Waals surface area contributed by atoms with Crippen LogP contribution in [0.4, 0.5) is 0 Å². The highest BCUT2D eigenvalue weighted by Gasteiger charge is 2.17. The summed E-state index contributed by atoms with van der Waals surface area (Å²) in [6, 6.07) is 0.725. The molecule has 0 unspecified atom stereocenters. The topological polar surface area (TPSA) is 24.5 Å².